The van der Waals surface area contributed by atoms with E-state index in [1.165, 1.54) is 11.0 Å². The van der Waals surface area contributed by atoms with Crippen LogP contribution in [0.3, 0.4) is 0 Å². The lowest BCUT2D eigenvalue weighted by atomic mass is 10.1. The Kier molecular flexibility index (Phi) is 9.73. The Morgan fingerprint density at radius 3 is 2.13 bits per heavy atom. The van der Waals surface area contributed by atoms with Crippen LogP contribution in [0.25, 0.3) is 21.9 Å². The fourth-order valence-corrected chi connectivity index (χ4v) is 7.73. The van der Waals surface area contributed by atoms with Crippen molar-refractivity contribution in [2.24, 2.45) is 11.1 Å². The van der Waals surface area contributed by atoms with E-state index in [0.717, 1.165) is 5.01 Å². The summed E-state index contributed by atoms with van der Waals surface area (Å²) >= 11 is 0. The number of rotatable bonds is 8. The molecule has 5 amide bonds. The molecule has 3 fully saturated rings. The maximum atomic E-state index is 14.4. The lowest BCUT2D eigenvalue weighted by molar-refractivity contribution is -0.131. The number of nitrogens with zero attached hydrogens (tertiary/aromatic N) is 3. The fourth-order valence-electron chi connectivity index (χ4n) is 6.37. The van der Waals surface area contributed by atoms with E-state index in [9.17, 15) is 27.6 Å². The molecular formula is C37H46N6O9S. The number of carbonyl (C=O) groups is 4. The van der Waals surface area contributed by atoms with Crippen LogP contribution in [0.5, 0.6) is 0 Å². The van der Waals surface area contributed by atoms with Gasteiger partial charge in [-0.3, -0.25) is 14.3 Å². The lowest BCUT2D eigenvalue weighted by Crippen LogP contribution is -2.63. The highest BCUT2D eigenvalue weighted by atomic mass is 32.2. The molecule has 0 spiro atoms. The van der Waals surface area contributed by atoms with Crippen molar-refractivity contribution in [3.05, 3.63) is 66.5 Å². The van der Waals surface area contributed by atoms with Gasteiger partial charge in [0.05, 0.1) is 17.3 Å². The molecule has 6 rings (SSSR count). The summed E-state index contributed by atoms with van der Waals surface area (Å²) in [5, 5.41) is 9.59. The zero-order valence-electron chi connectivity index (χ0n) is 30.7. The van der Waals surface area contributed by atoms with Crippen molar-refractivity contribution >= 4 is 55.9 Å². The van der Waals surface area contributed by atoms with E-state index in [1.54, 1.807) is 41.5 Å². The van der Waals surface area contributed by atoms with Gasteiger partial charge in [-0.1, -0.05) is 35.5 Å². The normalized spacial score (nSPS) is 22.8. The maximum absolute atomic E-state index is 14.4. The molecular weight excluding hydrogens is 705 g/mol. The van der Waals surface area contributed by atoms with E-state index in [2.05, 4.69) is 27.2 Å². The summed E-state index contributed by atoms with van der Waals surface area (Å²) in [6.45, 7) is 13.8. The Morgan fingerprint density at radius 2 is 1.60 bits per heavy atom. The van der Waals surface area contributed by atoms with Gasteiger partial charge in [-0.2, -0.15) is 0 Å². The molecule has 53 heavy (non-hydrogen) atoms. The molecule has 4 atom stereocenters. The van der Waals surface area contributed by atoms with Gasteiger partial charge in [0.2, 0.25) is 15.9 Å². The summed E-state index contributed by atoms with van der Waals surface area (Å²) in [5.41, 5.74) is 0.255. The maximum Gasteiger partial charge on any atom is 0.426 e. The van der Waals surface area contributed by atoms with Crippen LogP contribution in [-0.4, -0.2) is 82.9 Å². The van der Waals surface area contributed by atoms with E-state index < -0.39 is 74.0 Å². The number of amides is 5. The van der Waals surface area contributed by atoms with Crippen LogP contribution >= 0.6 is 0 Å². The van der Waals surface area contributed by atoms with E-state index in [0.29, 0.717) is 40.1 Å². The summed E-state index contributed by atoms with van der Waals surface area (Å²) in [6.07, 6.45) is 0.761. The summed E-state index contributed by atoms with van der Waals surface area (Å²) in [7, 11) is -3.91. The first-order valence-corrected chi connectivity index (χ1v) is 19.1. The van der Waals surface area contributed by atoms with Gasteiger partial charge in [0.25, 0.3) is 5.91 Å². The second-order valence-electron chi connectivity index (χ2n) is 15.8. The van der Waals surface area contributed by atoms with E-state index in [4.69, 9.17) is 14.0 Å². The number of ether oxygens (including phenoxy) is 1. The van der Waals surface area contributed by atoms with Crippen molar-refractivity contribution in [1.29, 1.82) is 0 Å². The molecule has 3 aliphatic rings. The third kappa shape index (κ3) is 7.97. The topological polar surface area (TPSA) is 189 Å². The number of urea groups is 1. The lowest BCUT2D eigenvalue weighted by Gasteiger charge is -2.39. The highest BCUT2D eigenvalue weighted by molar-refractivity contribution is 7.91. The van der Waals surface area contributed by atoms with Crippen LogP contribution < -0.4 is 20.8 Å². The summed E-state index contributed by atoms with van der Waals surface area (Å²) < 4.78 is 39.0. The molecule has 2 aliphatic carbocycles. The molecule has 0 radical (unpaired) electrons. The minimum absolute atomic E-state index is 0.0462. The van der Waals surface area contributed by atoms with Crippen LogP contribution in [0.2, 0.25) is 0 Å². The Labute approximate surface area is 307 Å². The quantitative estimate of drug-likeness (QED) is 0.172. The van der Waals surface area contributed by atoms with Crippen LogP contribution in [0, 0.1) is 5.92 Å². The second-order valence-corrected chi connectivity index (χ2v) is 17.7. The SMILES string of the molecule is C=C[C@@H]1CC1(NC(=O)[C@@H]1CC(ON=c2c3ccccc3oc3ccccc23)CN1C(=O)N(NC(=O)OC(C)(C)C)C(C)(C)C)C(=O)NS(=O)(=O)C1CC1. The van der Waals surface area contributed by atoms with Gasteiger partial charge in [-0.25, -0.2) is 28.4 Å². The van der Waals surface area contributed by atoms with Crippen LogP contribution in [0.4, 0.5) is 9.59 Å². The summed E-state index contributed by atoms with van der Waals surface area (Å²) in [6, 6.07) is 12.7. The fraction of sp³-hybridized carbons (Fsp3) is 0.486. The Bertz CT molecular complexity index is 2090. The van der Waals surface area contributed by atoms with Crippen molar-refractivity contribution in [3.8, 4) is 0 Å². The highest BCUT2D eigenvalue weighted by Gasteiger charge is 2.62. The van der Waals surface area contributed by atoms with Crippen LogP contribution in [0.15, 0.2) is 70.8 Å². The van der Waals surface area contributed by atoms with E-state index in [1.807, 2.05) is 48.5 Å². The first-order valence-electron chi connectivity index (χ1n) is 17.5. The van der Waals surface area contributed by atoms with Gasteiger partial charge < -0.3 is 24.2 Å². The molecule has 284 valence electrons. The molecule has 2 heterocycles. The van der Waals surface area contributed by atoms with Gasteiger partial charge in [0.1, 0.15) is 39.8 Å². The molecule has 1 aliphatic heterocycles. The zero-order chi connectivity index (χ0) is 38.5. The Hall–Kier alpha value is -5.12. The van der Waals surface area contributed by atoms with Crippen LogP contribution in [-0.2, 0) is 29.2 Å². The van der Waals surface area contributed by atoms with Crippen molar-refractivity contribution in [2.75, 3.05) is 6.54 Å². The number of sulfonamides is 1. The van der Waals surface area contributed by atoms with E-state index in [-0.39, 0.29) is 19.4 Å². The number of likely N-dealkylation sites (tertiary alicyclic amines) is 1. The number of hydrazine groups is 1. The van der Waals surface area contributed by atoms with Crippen molar-refractivity contribution in [1.82, 2.24) is 25.4 Å². The minimum atomic E-state index is -3.91. The number of benzene rings is 2. The van der Waals surface area contributed by atoms with Crippen molar-refractivity contribution < 1.29 is 41.6 Å². The predicted octanol–water partition coefficient (Wildman–Crippen LogP) is 4.19. The zero-order valence-corrected chi connectivity index (χ0v) is 31.5. The number of hydrogen-bond acceptors (Lipinski definition) is 10. The number of hydrogen-bond donors (Lipinski definition) is 3. The molecule has 2 aromatic carbocycles. The number of nitrogens with one attached hydrogen (secondary N) is 3. The summed E-state index contributed by atoms with van der Waals surface area (Å²) in [4.78, 5) is 62.4. The molecule has 3 aromatic rings. The Morgan fingerprint density at radius 1 is 1.00 bits per heavy atom. The number of carbonyl (C=O) groups excluding carboxylic acids is 4. The average molecular weight is 751 g/mol. The van der Waals surface area contributed by atoms with Gasteiger partial charge in [0, 0.05) is 23.1 Å². The number of para-hydroxylation sites is 2. The molecule has 1 aromatic heterocycles. The molecule has 2 unspecified atom stereocenters. The molecule has 16 heteroatoms. The Balaban J connectivity index is 1.33. The standard InChI is InChI=1S/C37H46N6O9S/c1-8-22-20-37(22,32(45)41-53(48,49)24-17-18-24)38-31(44)27-19-23(21-42(27)34(47)43(35(2,3)4)39-33(46)51-36(5,6)7)52-40-30-25-13-9-11-15-28(25)50-29-16-12-10-14-26(29)30/h8-16,22-24,27H,1,17-21H2,2-7H3,(H,38,44)(H,39,46)(H,41,45)/t22-,23?,27+,37?/m1/s1. The molecule has 0 bridgehead atoms. The third-order valence-corrected chi connectivity index (χ3v) is 11.1. The third-order valence-electron chi connectivity index (χ3n) is 9.32. The average Bonchev–Trinajstić information content (AvgIpc) is 4.00. The molecule has 15 nitrogen and oxygen atoms in total. The smallest absolute Gasteiger partial charge is 0.426 e. The predicted molar refractivity (Wildman–Crippen MR) is 195 cm³/mol. The van der Waals surface area contributed by atoms with Gasteiger partial charge in [0.15, 0.2) is 0 Å². The van der Waals surface area contributed by atoms with Gasteiger partial charge in [-0.05, 0) is 85.1 Å². The molecule has 2 saturated carbocycles. The molecule has 3 N–H and O–H groups in total. The monoisotopic (exact) mass is 750 g/mol. The highest BCUT2D eigenvalue weighted by Crippen LogP contribution is 2.45. The second kappa shape index (κ2) is 13.7. The first-order chi connectivity index (χ1) is 24.8. The van der Waals surface area contributed by atoms with Crippen molar-refractivity contribution in [2.45, 2.75) is 101 Å². The minimum Gasteiger partial charge on any atom is -0.456 e. The van der Waals surface area contributed by atoms with Gasteiger partial charge in [-0.15, -0.1) is 6.58 Å². The molecule has 1 saturated heterocycles. The van der Waals surface area contributed by atoms with Crippen LogP contribution in [0.1, 0.15) is 67.2 Å². The van der Waals surface area contributed by atoms with E-state index >= 15 is 0 Å². The summed E-state index contributed by atoms with van der Waals surface area (Å²) in [5.74, 6) is -2.12. The van der Waals surface area contributed by atoms with Crippen molar-refractivity contribution in [3.63, 3.8) is 0 Å². The first kappa shape index (κ1) is 37.6. The number of fused-ring (bicyclic) bond motifs is 2. The largest absolute Gasteiger partial charge is 0.456 e. The van der Waals surface area contributed by atoms with Gasteiger partial charge >= 0.3 is 12.1 Å².